The molecule has 8 heteroatoms. The van der Waals surface area contributed by atoms with E-state index in [1.54, 1.807) is 0 Å². The highest BCUT2D eigenvalue weighted by Gasteiger charge is 2.62. The largest absolute Gasteiger partial charge is 0.402 e. The van der Waals surface area contributed by atoms with Crippen LogP contribution in [-0.4, -0.2) is 37.7 Å². The zero-order chi connectivity index (χ0) is 15.9. The first kappa shape index (κ1) is 16.9. The average molecular weight is 319 g/mol. The summed E-state index contributed by atoms with van der Waals surface area (Å²) in [6.07, 6.45) is -7.77. The number of nitrogens with one attached hydrogen (secondary N) is 1. The Morgan fingerprint density at radius 3 is 2.05 bits per heavy atom. The number of hydrogen-bond donors (Lipinski definition) is 1. The molecule has 0 amide bonds. The third-order valence-electron chi connectivity index (χ3n) is 4.70. The molecule has 2 aliphatic rings. The van der Waals surface area contributed by atoms with E-state index in [1.807, 2.05) is 0 Å². The van der Waals surface area contributed by atoms with Crippen LogP contribution in [0.5, 0.6) is 0 Å². The Bertz CT molecular complexity index is 349. The lowest BCUT2D eigenvalue weighted by molar-refractivity contribution is -0.298. The molecule has 1 aliphatic heterocycles. The minimum atomic E-state index is -5.31. The van der Waals surface area contributed by atoms with Crippen molar-refractivity contribution in [2.75, 3.05) is 13.7 Å². The van der Waals surface area contributed by atoms with E-state index in [1.165, 1.54) is 0 Å². The third kappa shape index (κ3) is 3.47. The lowest BCUT2D eigenvalue weighted by Crippen LogP contribution is -2.57. The first-order valence-electron chi connectivity index (χ1n) is 7.04. The van der Waals surface area contributed by atoms with Crippen molar-refractivity contribution in [3.63, 3.8) is 0 Å². The molecule has 1 spiro atoms. The van der Waals surface area contributed by atoms with Gasteiger partial charge in [-0.05, 0) is 45.1 Å². The van der Waals surface area contributed by atoms with E-state index in [9.17, 15) is 26.3 Å². The first-order valence-corrected chi connectivity index (χ1v) is 7.04. The van der Waals surface area contributed by atoms with Gasteiger partial charge in [-0.15, -0.1) is 0 Å². The van der Waals surface area contributed by atoms with Gasteiger partial charge in [0.2, 0.25) is 0 Å². The van der Waals surface area contributed by atoms with Crippen LogP contribution >= 0.6 is 0 Å². The van der Waals surface area contributed by atoms with Gasteiger partial charge in [-0.25, -0.2) is 0 Å². The van der Waals surface area contributed by atoms with E-state index in [0.717, 1.165) is 26.3 Å². The summed E-state index contributed by atoms with van der Waals surface area (Å²) in [5.41, 5.74) is -0.486. The molecule has 21 heavy (non-hydrogen) atoms. The molecule has 1 aliphatic carbocycles. The normalized spacial score (nSPS) is 27.7. The maximum atomic E-state index is 12.9. The molecule has 2 nitrogen and oxygen atoms in total. The highest BCUT2D eigenvalue weighted by molar-refractivity contribution is 4.99. The van der Waals surface area contributed by atoms with Crippen LogP contribution in [-0.2, 0) is 4.74 Å². The summed E-state index contributed by atoms with van der Waals surface area (Å²) in [4.78, 5) is 0. The molecule has 2 unspecified atom stereocenters. The second-order valence-electron chi connectivity index (χ2n) is 6.01. The smallest absolute Gasteiger partial charge is 0.375 e. The van der Waals surface area contributed by atoms with Gasteiger partial charge in [0, 0.05) is 12.6 Å². The number of rotatable bonds is 3. The van der Waals surface area contributed by atoms with Crippen molar-refractivity contribution >= 4 is 0 Å². The average Bonchev–Trinajstić information content (AvgIpc) is 2.30. The predicted molar refractivity (Wildman–Crippen MR) is 63.7 cm³/mol. The fourth-order valence-electron chi connectivity index (χ4n) is 3.56. The zero-order valence-electron chi connectivity index (χ0n) is 11.7. The highest BCUT2D eigenvalue weighted by Crippen LogP contribution is 2.49. The van der Waals surface area contributed by atoms with Gasteiger partial charge in [0.05, 0.1) is 5.60 Å². The number of hydrogen-bond acceptors (Lipinski definition) is 2. The maximum absolute atomic E-state index is 12.9. The van der Waals surface area contributed by atoms with Crippen LogP contribution in [0.3, 0.4) is 0 Å². The molecule has 0 bridgehead atoms. The van der Waals surface area contributed by atoms with E-state index in [4.69, 9.17) is 4.74 Å². The summed E-state index contributed by atoms with van der Waals surface area (Å²) in [6.45, 7) is 0.227. The van der Waals surface area contributed by atoms with Gasteiger partial charge >= 0.3 is 12.4 Å². The Labute approximate surface area is 119 Å². The molecule has 0 aromatic carbocycles. The van der Waals surface area contributed by atoms with Crippen LogP contribution in [0.1, 0.15) is 32.1 Å². The van der Waals surface area contributed by atoms with Crippen LogP contribution in [0.25, 0.3) is 0 Å². The predicted octanol–water partition coefficient (Wildman–Crippen LogP) is 3.66. The van der Waals surface area contributed by atoms with Crippen molar-refractivity contribution in [1.82, 2.24) is 5.32 Å². The second-order valence-corrected chi connectivity index (χ2v) is 6.01. The molecule has 2 atom stereocenters. The molecule has 1 N–H and O–H groups in total. The quantitative estimate of drug-likeness (QED) is 0.802. The molecule has 124 valence electrons. The van der Waals surface area contributed by atoms with Crippen molar-refractivity contribution in [3.05, 3.63) is 0 Å². The lowest BCUT2D eigenvalue weighted by Gasteiger charge is -2.49. The van der Waals surface area contributed by atoms with E-state index in [2.05, 4.69) is 5.32 Å². The molecule has 1 saturated heterocycles. The van der Waals surface area contributed by atoms with Gasteiger partial charge in [0.1, 0.15) is 0 Å². The molecule has 0 aromatic heterocycles. The molecule has 1 heterocycles. The highest BCUT2D eigenvalue weighted by atomic mass is 19.4. The topological polar surface area (TPSA) is 21.3 Å². The van der Waals surface area contributed by atoms with Gasteiger partial charge in [-0.2, -0.15) is 26.3 Å². The van der Waals surface area contributed by atoms with Gasteiger partial charge in [0.25, 0.3) is 0 Å². The molecular weight excluding hydrogens is 300 g/mol. The number of ether oxygens (including phenoxy) is 1. The van der Waals surface area contributed by atoms with Crippen LogP contribution in [0, 0.1) is 11.8 Å². The Balaban J connectivity index is 2.20. The van der Waals surface area contributed by atoms with Gasteiger partial charge < -0.3 is 10.1 Å². The number of halogens is 6. The third-order valence-corrected chi connectivity index (χ3v) is 4.70. The molecule has 0 aromatic rings. The minimum absolute atomic E-state index is 0.218. The Morgan fingerprint density at radius 1 is 1.10 bits per heavy atom. The molecule has 2 rings (SSSR count). The van der Waals surface area contributed by atoms with E-state index < -0.39 is 35.8 Å². The molecule has 1 saturated carbocycles. The summed E-state index contributed by atoms with van der Waals surface area (Å²) in [5, 5.41) is 2.28. The van der Waals surface area contributed by atoms with Crippen LogP contribution in [0.4, 0.5) is 26.3 Å². The molecule has 2 fully saturated rings. The van der Waals surface area contributed by atoms with Crippen molar-refractivity contribution in [1.29, 1.82) is 0 Å². The van der Waals surface area contributed by atoms with Crippen molar-refractivity contribution < 1.29 is 31.1 Å². The molecular formula is C13H19F6NO. The summed E-state index contributed by atoms with van der Waals surface area (Å²) in [5.74, 6) is -4.02. The first-order chi connectivity index (χ1) is 9.59. The van der Waals surface area contributed by atoms with Crippen LogP contribution < -0.4 is 5.32 Å². The number of alkyl halides is 6. The monoisotopic (exact) mass is 319 g/mol. The van der Waals surface area contributed by atoms with E-state index in [-0.39, 0.29) is 19.4 Å². The van der Waals surface area contributed by atoms with Crippen molar-refractivity contribution in [2.24, 2.45) is 11.8 Å². The van der Waals surface area contributed by atoms with Gasteiger partial charge in [-0.1, -0.05) is 0 Å². The van der Waals surface area contributed by atoms with Crippen molar-refractivity contribution in [2.45, 2.75) is 56.1 Å². The molecule has 0 radical (unpaired) electrons. The van der Waals surface area contributed by atoms with Crippen molar-refractivity contribution in [3.8, 4) is 0 Å². The fourth-order valence-corrected chi connectivity index (χ4v) is 3.56. The summed E-state index contributed by atoms with van der Waals surface area (Å²) < 4.78 is 83.0. The second kappa shape index (κ2) is 5.61. The summed E-state index contributed by atoms with van der Waals surface area (Å²) >= 11 is 0. The van der Waals surface area contributed by atoms with Gasteiger partial charge in [-0.3, -0.25) is 0 Å². The van der Waals surface area contributed by atoms with Gasteiger partial charge in [0.15, 0.2) is 5.92 Å². The SMILES string of the molecule is CNC(C1CCOC2(CCC2)C1)C(C(F)(F)F)C(F)(F)F. The Morgan fingerprint density at radius 2 is 1.67 bits per heavy atom. The lowest BCUT2D eigenvalue weighted by atomic mass is 9.68. The van der Waals surface area contributed by atoms with E-state index in [0.29, 0.717) is 0 Å². The van der Waals surface area contributed by atoms with E-state index >= 15 is 0 Å². The minimum Gasteiger partial charge on any atom is -0.375 e. The maximum Gasteiger partial charge on any atom is 0.402 e. The summed E-state index contributed by atoms with van der Waals surface area (Å²) in [7, 11) is 1.16. The Kier molecular flexibility index (Phi) is 4.50. The Hall–Kier alpha value is -0.500. The fraction of sp³-hybridized carbons (Fsp3) is 1.00. The van der Waals surface area contributed by atoms with Crippen LogP contribution in [0.15, 0.2) is 0 Å². The zero-order valence-corrected chi connectivity index (χ0v) is 11.7. The van der Waals surface area contributed by atoms with Crippen LogP contribution in [0.2, 0.25) is 0 Å². The summed E-state index contributed by atoms with van der Waals surface area (Å²) in [6, 6.07) is -1.66. The standard InChI is InChI=1S/C13H19F6NO/c1-20-9(10(12(14,15)16)13(17,18)19)8-3-6-21-11(7-8)4-2-5-11/h8-10,20H,2-7H2,1H3.